The highest BCUT2D eigenvalue weighted by molar-refractivity contribution is 6.11. The van der Waals surface area contributed by atoms with E-state index in [0.717, 1.165) is 43.7 Å². The summed E-state index contributed by atoms with van der Waals surface area (Å²) in [5.74, 6) is 0.111. The number of amides is 2. The number of hydrogen-bond donors (Lipinski definition) is 2. The number of nitrogens with zero attached hydrogens (tertiary/aromatic N) is 1. The lowest BCUT2D eigenvalue weighted by Gasteiger charge is -2.31. The maximum atomic E-state index is 12.9. The van der Waals surface area contributed by atoms with E-state index in [1.54, 1.807) is 4.90 Å². The molecule has 110 valence electrons. The summed E-state index contributed by atoms with van der Waals surface area (Å²) in [6.45, 7) is 2.14. The zero-order chi connectivity index (χ0) is 14.4. The van der Waals surface area contributed by atoms with Gasteiger partial charge in [0.1, 0.15) is 6.54 Å². The molecule has 2 N–H and O–H groups in total. The fourth-order valence-corrected chi connectivity index (χ4v) is 3.79. The van der Waals surface area contributed by atoms with Crippen molar-refractivity contribution in [2.75, 3.05) is 29.9 Å². The lowest BCUT2D eigenvalue weighted by molar-refractivity contribution is -0.123. The molecule has 3 aliphatic rings. The van der Waals surface area contributed by atoms with Crippen molar-refractivity contribution in [3.05, 3.63) is 24.3 Å². The van der Waals surface area contributed by atoms with Gasteiger partial charge in [0.05, 0.1) is 11.4 Å². The molecule has 0 bridgehead atoms. The normalized spacial score (nSPS) is 26.2. The van der Waals surface area contributed by atoms with Crippen LogP contribution in [0.1, 0.15) is 19.3 Å². The third-order valence-corrected chi connectivity index (χ3v) is 5.12. The van der Waals surface area contributed by atoms with E-state index in [0.29, 0.717) is 0 Å². The minimum Gasteiger partial charge on any atom is -0.323 e. The fourth-order valence-electron chi connectivity index (χ4n) is 3.79. The first-order chi connectivity index (χ1) is 10.2. The van der Waals surface area contributed by atoms with Gasteiger partial charge in [0, 0.05) is 5.92 Å². The molecule has 1 saturated heterocycles. The van der Waals surface area contributed by atoms with Gasteiger partial charge in [-0.25, -0.2) is 0 Å². The Morgan fingerprint density at radius 1 is 1.24 bits per heavy atom. The number of fused-ring (bicyclic) bond motifs is 1. The van der Waals surface area contributed by atoms with Crippen molar-refractivity contribution in [3.8, 4) is 0 Å². The Labute approximate surface area is 123 Å². The summed E-state index contributed by atoms with van der Waals surface area (Å²) < 4.78 is 0. The number of rotatable bonds is 1. The third-order valence-electron chi connectivity index (χ3n) is 5.12. The van der Waals surface area contributed by atoms with Crippen LogP contribution < -0.4 is 15.5 Å². The maximum Gasteiger partial charge on any atom is 0.244 e. The van der Waals surface area contributed by atoms with E-state index in [4.69, 9.17) is 0 Å². The first kappa shape index (κ1) is 12.8. The van der Waals surface area contributed by atoms with Crippen molar-refractivity contribution in [1.82, 2.24) is 5.32 Å². The molecule has 5 heteroatoms. The van der Waals surface area contributed by atoms with Crippen molar-refractivity contribution in [2.45, 2.75) is 19.3 Å². The van der Waals surface area contributed by atoms with Gasteiger partial charge >= 0.3 is 0 Å². The number of carbonyl (C=O) groups excluding carboxylic acids is 2. The molecule has 5 nitrogen and oxygen atoms in total. The summed E-state index contributed by atoms with van der Waals surface area (Å²) in [4.78, 5) is 26.4. The van der Waals surface area contributed by atoms with Crippen LogP contribution in [0.25, 0.3) is 0 Å². The molecule has 0 radical (unpaired) electrons. The van der Waals surface area contributed by atoms with Gasteiger partial charge in [-0.2, -0.15) is 0 Å². The van der Waals surface area contributed by atoms with Crippen molar-refractivity contribution in [2.24, 2.45) is 11.3 Å². The van der Waals surface area contributed by atoms with Gasteiger partial charge in [0.15, 0.2) is 0 Å². The van der Waals surface area contributed by atoms with Gasteiger partial charge in [0.25, 0.3) is 0 Å². The van der Waals surface area contributed by atoms with Gasteiger partial charge in [-0.1, -0.05) is 12.1 Å². The predicted octanol–water partition coefficient (Wildman–Crippen LogP) is 1.36. The van der Waals surface area contributed by atoms with Gasteiger partial charge in [-0.15, -0.1) is 0 Å². The van der Waals surface area contributed by atoms with Crippen LogP contribution in [0, 0.1) is 11.3 Å². The van der Waals surface area contributed by atoms with Gasteiger partial charge in [-0.05, 0) is 49.9 Å². The van der Waals surface area contributed by atoms with Gasteiger partial charge < -0.3 is 15.5 Å². The molecule has 1 unspecified atom stereocenters. The number of hydrogen-bond acceptors (Lipinski definition) is 3. The van der Waals surface area contributed by atoms with Crippen LogP contribution in [0.5, 0.6) is 0 Å². The van der Waals surface area contributed by atoms with E-state index in [-0.39, 0.29) is 29.7 Å². The second-order valence-electron chi connectivity index (χ2n) is 6.36. The van der Waals surface area contributed by atoms with Crippen LogP contribution in [0.2, 0.25) is 0 Å². The Kier molecular flexibility index (Phi) is 2.79. The summed E-state index contributed by atoms with van der Waals surface area (Å²) >= 11 is 0. The summed E-state index contributed by atoms with van der Waals surface area (Å²) in [7, 11) is 0. The highest BCUT2D eigenvalue weighted by Gasteiger charge is 2.59. The van der Waals surface area contributed by atoms with E-state index in [9.17, 15) is 9.59 Å². The first-order valence-corrected chi connectivity index (χ1v) is 7.61. The average molecular weight is 285 g/mol. The Bertz CT molecular complexity index is 607. The second-order valence-corrected chi connectivity index (χ2v) is 6.36. The molecule has 1 saturated carbocycles. The number of piperidine rings is 1. The minimum absolute atomic E-state index is 0.0959. The smallest absolute Gasteiger partial charge is 0.244 e. The lowest BCUT2D eigenvalue weighted by atomic mass is 9.91. The van der Waals surface area contributed by atoms with Crippen LogP contribution in [0.3, 0.4) is 0 Å². The van der Waals surface area contributed by atoms with E-state index < -0.39 is 0 Å². The molecule has 2 heterocycles. The summed E-state index contributed by atoms with van der Waals surface area (Å²) in [6.07, 6.45) is 3.13. The van der Waals surface area contributed by atoms with E-state index in [1.807, 2.05) is 24.3 Å². The number of benzene rings is 1. The molecule has 2 fully saturated rings. The zero-order valence-electron chi connectivity index (χ0n) is 11.9. The minimum atomic E-state index is -0.109. The molecule has 1 aromatic rings. The molecule has 1 aromatic carbocycles. The van der Waals surface area contributed by atoms with E-state index in [1.165, 1.54) is 0 Å². The van der Waals surface area contributed by atoms with Crippen LogP contribution >= 0.6 is 0 Å². The molecule has 2 aliphatic heterocycles. The van der Waals surface area contributed by atoms with Crippen LogP contribution in [-0.2, 0) is 9.59 Å². The summed E-state index contributed by atoms with van der Waals surface area (Å²) in [6, 6.07) is 7.53. The molecular weight excluding hydrogens is 266 g/mol. The van der Waals surface area contributed by atoms with Gasteiger partial charge in [-0.3, -0.25) is 9.59 Å². The second kappa shape index (κ2) is 4.56. The molecular formula is C16H19N3O2. The third kappa shape index (κ3) is 2.03. The number of carbonyl (C=O) groups is 2. The van der Waals surface area contributed by atoms with Crippen LogP contribution in [-0.4, -0.2) is 31.4 Å². The SMILES string of the molecule is O=C1CN(C(=O)C2CC23CCNCC3)c2ccccc2N1. The Morgan fingerprint density at radius 3 is 2.81 bits per heavy atom. The Hall–Kier alpha value is -1.88. The van der Waals surface area contributed by atoms with Crippen molar-refractivity contribution in [3.63, 3.8) is 0 Å². The Balaban J connectivity index is 1.59. The van der Waals surface area contributed by atoms with Crippen molar-refractivity contribution in [1.29, 1.82) is 0 Å². The fraction of sp³-hybridized carbons (Fsp3) is 0.500. The average Bonchev–Trinajstić information content (AvgIpc) is 3.19. The maximum absolute atomic E-state index is 12.9. The molecule has 1 aliphatic carbocycles. The largest absolute Gasteiger partial charge is 0.323 e. The quantitative estimate of drug-likeness (QED) is 0.819. The Morgan fingerprint density at radius 2 is 2.00 bits per heavy atom. The number of para-hydroxylation sites is 2. The molecule has 1 atom stereocenters. The zero-order valence-corrected chi connectivity index (χ0v) is 11.9. The topological polar surface area (TPSA) is 61.4 Å². The summed E-state index contributed by atoms with van der Waals surface area (Å²) in [5, 5.41) is 6.19. The predicted molar refractivity (Wildman–Crippen MR) is 80.1 cm³/mol. The van der Waals surface area contributed by atoms with Gasteiger partial charge in [0.2, 0.25) is 11.8 Å². The standard InChI is InChI=1S/C16H19N3O2/c20-14-10-19(13-4-2-1-3-12(13)18-14)15(21)11-9-16(11)5-7-17-8-6-16/h1-4,11,17H,5-10H2,(H,18,20). The molecule has 0 aromatic heterocycles. The van der Waals surface area contributed by atoms with Crippen LogP contribution in [0.4, 0.5) is 11.4 Å². The number of anilines is 2. The van der Waals surface area contributed by atoms with E-state index >= 15 is 0 Å². The van der Waals surface area contributed by atoms with E-state index in [2.05, 4.69) is 10.6 Å². The van der Waals surface area contributed by atoms with Crippen molar-refractivity contribution >= 4 is 23.2 Å². The highest BCUT2D eigenvalue weighted by Crippen LogP contribution is 2.59. The van der Waals surface area contributed by atoms with Crippen LogP contribution in [0.15, 0.2) is 24.3 Å². The lowest BCUT2D eigenvalue weighted by Crippen LogP contribution is -2.44. The molecule has 21 heavy (non-hydrogen) atoms. The first-order valence-electron chi connectivity index (χ1n) is 7.61. The monoisotopic (exact) mass is 285 g/mol. The van der Waals surface area contributed by atoms with Crippen molar-refractivity contribution < 1.29 is 9.59 Å². The molecule has 1 spiro atoms. The summed E-state index contributed by atoms with van der Waals surface area (Å²) in [5.41, 5.74) is 1.77. The molecule has 2 amide bonds. The number of nitrogens with one attached hydrogen (secondary N) is 2. The highest BCUT2D eigenvalue weighted by atomic mass is 16.2. The molecule has 4 rings (SSSR count).